The lowest BCUT2D eigenvalue weighted by molar-refractivity contribution is 0.0656. The Hall–Kier alpha value is -1.96. The first-order valence-corrected chi connectivity index (χ1v) is 8.22. The molecule has 3 aromatic rings. The highest BCUT2D eigenvalue weighted by atomic mass is 32.2. The van der Waals surface area contributed by atoms with Gasteiger partial charge in [-0.3, -0.25) is 4.57 Å². The summed E-state index contributed by atoms with van der Waals surface area (Å²) in [6.45, 7) is 1.47. The lowest BCUT2D eigenvalue weighted by atomic mass is 10.1. The van der Waals surface area contributed by atoms with Crippen molar-refractivity contribution in [1.29, 1.82) is 0 Å². The molecule has 0 bridgehead atoms. The summed E-state index contributed by atoms with van der Waals surface area (Å²) in [7, 11) is 0. The molecule has 23 heavy (non-hydrogen) atoms. The third-order valence-electron chi connectivity index (χ3n) is 3.18. The molecule has 0 atom stereocenters. The molecule has 0 saturated heterocycles. The number of imidazole rings is 1. The van der Waals surface area contributed by atoms with E-state index in [1.54, 1.807) is 24.3 Å². The summed E-state index contributed by atoms with van der Waals surface area (Å²) in [5, 5.41) is 4.13. The number of alkyl halides is 2. The molecule has 3 rings (SSSR count). The van der Waals surface area contributed by atoms with Gasteiger partial charge < -0.3 is 4.52 Å². The molecular formula is C15H16F2N4OS. The van der Waals surface area contributed by atoms with Crippen molar-refractivity contribution < 1.29 is 13.3 Å². The number of hydrogen-bond acceptors (Lipinski definition) is 5. The van der Waals surface area contributed by atoms with Gasteiger partial charge in [0.2, 0.25) is 5.89 Å². The van der Waals surface area contributed by atoms with E-state index in [-0.39, 0.29) is 5.16 Å². The Morgan fingerprint density at radius 1 is 1.22 bits per heavy atom. The van der Waals surface area contributed by atoms with Gasteiger partial charge in [0.05, 0.1) is 16.8 Å². The monoisotopic (exact) mass is 338 g/mol. The Bertz CT molecular complexity index is 800. The highest BCUT2D eigenvalue weighted by Crippen LogP contribution is 2.30. The van der Waals surface area contributed by atoms with Crippen LogP contribution in [0.4, 0.5) is 8.78 Å². The number of halogens is 2. The second-order valence-electron chi connectivity index (χ2n) is 5.52. The van der Waals surface area contributed by atoms with Crippen LogP contribution < -0.4 is 0 Å². The fourth-order valence-corrected chi connectivity index (χ4v) is 3.08. The number of nitrogens with zero attached hydrogens (tertiary/aromatic N) is 4. The lowest BCUT2D eigenvalue weighted by Crippen LogP contribution is -2.00. The maximum atomic E-state index is 13.3. The number of thioether (sulfide) groups is 1. The summed E-state index contributed by atoms with van der Waals surface area (Å²) in [4.78, 5) is 8.53. The van der Waals surface area contributed by atoms with Gasteiger partial charge in [0.1, 0.15) is 0 Å². The predicted molar refractivity (Wildman–Crippen MR) is 83.4 cm³/mol. The largest absolute Gasteiger partial charge is 0.339 e. The van der Waals surface area contributed by atoms with Crippen LogP contribution >= 0.6 is 11.8 Å². The zero-order valence-electron chi connectivity index (χ0n) is 12.7. The van der Waals surface area contributed by atoms with E-state index in [0.29, 0.717) is 40.8 Å². The third-order valence-corrected chi connectivity index (χ3v) is 4.13. The summed E-state index contributed by atoms with van der Waals surface area (Å²) < 4.78 is 32.7. The lowest BCUT2D eigenvalue weighted by Gasteiger charge is -2.05. The zero-order valence-corrected chi connectivity index (χ0v) is 13.6. The minimum absolute atomic E-state index is 0.247. The van der Waals surface area contributed by atoms with Gasteiger partial charge in [-0.05, 0) is 18.1 Å². The molecule has 0 aliphatic carbocycles. The molecule has 0 radical (unpaired) electrons. The van der Waals surface area contributed by atoms with Crippen LogP contribution in [-0.2, 0) is 12.2 Å². The fraction of sp³-hybridized carbons (Fsp3) is 0.400. The van der Waals surface area contributed by atoms with Gasteiger partial charge in [-0.15, -0.1) is 0 Å². The zero-order chi connectivity index (χ0) is 16.4. The highest BCUT2D eigenvalue weighted by molar-refractivity contribution is 7.98. The highest BCUT2D eigenvalue weighted by Gasteiger charge is 2.18. The SMILES string of the molecule is CC(C)Cc1nc(CSc2nc3ccccc3n2C(F)F)no1. The van der Waals surface area contributed by atoms with Gasteiger partial charge in [0.25, 0.3) is 0 Å². The standard InChI is InChI=1S/C15H16F2N4OS/c1-9(2)7-13-19-12(20-22-13)8-23-15-18-10-5-3-4-6-11(10)21(15)14(16)17/h3-6,9,14H,7-8H2,1-2H3. The van der Waals surface area contributed by atoms with Gasteiger partial charge in [-0.25, -0.2) is 4.98 Å². The van der Waals surface area contributed by atoms with E-state index < -0.39 is 6.55 Å². The maximum absolute atomic E-state index is 13.3. The number of aromatic nitrogens is 4. The molecule has 1 aromatic carbocycles. The first-order chi connectivity index (χ1) is 11.0. The Balaban J connectivity index is 1.79. The Morgan fingerprint density at radius 3 is 2.74 bits per heavy atom. The van der Waals surface area contributed by atoms with Crippen LogP contribution in [0, 0.1) is 5.92 Å². The second kappa shape index (κ2) is 6.66. The topological polar surface area (TPSA) is 56.7 Å². The summed E-state index contributed by atoms with van der Waals surface area (Å²) in [6.07, 6.45) is 0.702. The Kier molecular flexibility index (Phi) is 4.61. The Morgan fingerprint density at radius 2 is 2.00 bits per heavy atom. The van der Waals surface area contributed by atoms with Crippen molar-refractivity contribution in [2.75, 3.05) is 0 Å². The molecule has 0 spiro atoms. The number of para-hydroxylation sites is 2. The van der Waals surface area contributed by atoms with Crippen LogP contribution in [0.1, 0.15) is 32.1 Å². The first-order valence-electron chi connectivity index (χ1n) is 7.24. The molecule has 5 nitrogen and oxygen atoms in total. The van der Waals surface area contributed by atoms with E-state index in [1.165, 1.54) is 11.8 Å². The van der Waals surface area contributed by atoms with Crippen molar-refractivity contribution >= 4 is 22.8 Å². The van der Waals surface area contributed by atoms with E-state index in [0.717, 1.165) is 4.57 Å². The smallest absolute Gasteiger partial charge is 0.321 e. The molecule has 2 aromatic heterocycles. The van der Waals surface area contributed by atoms with Crippen LogP contribution in [0.3, 0.4) is 0 Å². The molecule has 0 amide bonds. The van der Waals surface area contributed by atoms with Gasteiger partial charge in [0.15, 0.2) is 11.0 Å². The average Bonchev–Trinajstić information content (AvgIpc) is 3.07. The van der Waals surface area contributed by atoms with Crippen molar-refractivity contribution in [3.05, 3.63) is 36.0 Å². The molecule has 0 aliphatic heterocycles. The molecular weight excluding hydrogens is 322 g/mol. The summed E-state index contributed by atoms with van der Waals surface area (Å²) >= 11 is 1.17. The van der Waals surface area contributed by atoms with Crippen LogP contribution in [-0.4, -0.2) is 19.7 Å². The molecule has 8 heteroatoms. The normalized spacial score (nSPS) is 11.9. The predicted octanol–water partition coefficient (Wildman–Crippen LogP) is 4.31. The molecule has 0 unspecified atom stereocenters. The minimum atomic E-state index is -2.65. The quantitative estimate of drug-likeness (QED) is 0.627. The minimum Gasteiger partial charge on any atom is -0.339 e. The van der Waals surface area contributed by atoms with Crippen molar-refractivity contribution in [2.24, 2.45) is 5.92 Å². The van der Waals surface area contributed by atoms with Crippen molar-refractivity contribution in [3.8, 4) is 0 Å². The van der Waals surface area contributed by atoms with E-state index in [9.17, 15) is 8.78 Å². The molecule has 0 fully saturated rings. The van der Waals surface area contributed by atoms with Crippen LogP contribution in [0.2, 0.25) is 0 Å². The van der Waals surface area contributed by atoms with Gasteiger partial charge >= 0.3 is 6.55 Å². The van der Waals surface area contributed by atoms with E-state index in [1.807, 2.05) is 0 Å². The summed E-state index contributed by atoms with van der Waals surface area (Å²) in [6, 6.07) is 6.84. The van der Waals surface area contributed by atoms with E-state index in [2.05, 4.69) is 29.0 Å². The number of benzene rings is 1. The van der Waals surface area contributed by atoms with Crippen LogP contribution in [0.5, 0.6) is 0 Å². The van der Waals surface area contributed by atoms with Gasteiger partial charge in [-0.2, -0.15) is 13.8 Å². The van der Waals surface area contributed by atoms with Crippen LogP contribution in [0.15, 0.2) is 33.9 Å². The molecule has 2 heterocycles. The molecule has 0 saturated carbocycles. The number of hydrogen-bond donors (Lipinski definition) is 0. The molecule has 0 N–H and O–H groups in total. The Labute approximate surface area is 136 Å². The third kappa shape index (κ3) is 3.52. The number of fused-ring (bicyclic) bond motifs is 1. The maximum Gasteiger partial charge on any atom is 0.321 e. The summed E-state index contributed by atoms with van der Waals surface area (Å²) in [5.41, 5.74) is 0.961. The molecule has 122 valence electrons. The van der Waals surface area contributed by atoms with Gasteiger partial charge in [0, 0.05) is 6.42 Å². The average molecular weight is 338 g/mol. The number of rotatable bonds is 6. The first kappa shape index (κ1) is 15.9. The van der Waals surface area contributed by atoms with Crippen molar-refractivity contribution in [1.82, 2.24) is 19.7 Å². The molecule has 0 aliphatic rings. The summed E-state index contributed by atoms with van der Waals surface area (Å²) in [5.74, 6) is 1.80. The fourth-order valence-electron chi connectivity index (χ4n) is 2.22. The van der Waals surface area contributed by atoms with Crippen molar-refractivity contribution in [3.63, 3.8) is 0 Å². The van der Waals surface area contributed by atoms with Gasteiger partial charge in [-0.1, -0.05) is 42.9 Å². The second-order valence-corrected chi connectivity index (χ2v) is 6.46. The van der Waals surface area contributed by atoms with Crippen molar-refractivity contribution in [2.45, 2.75) is 37.7 Å². The van der Waals surface area contributed by atoms with Crippen LogP contribution in [0.25, 0.3) is 11.0 Å². The van der Waals surface area contributed by atoms with E-state index in [4.69, 9.17) is 4.52 Å². The van der Waals surface area contributed by atoms with E-state index >= 15 is 0 Å².